The molecule has 0 radical (unpaired) electrons. The second kappa shape index (κ2) is 8.19. The molecule has 0 aliphatic carbocycles. The van der Waals surface area contributed by atoms with Crippen molar-refractivity contribution in [2.24, 2.45) is 0 Å². The number of amides is 1. The van der Waals surface area contributed by atoms with Crippen LogP contribution in [0.25, 0.3) is 11.3 Å². The van der Waals surface area contributed by atoms with E-state index >= 15 is 0 Å². The molecule has 4 aromatic rings. The molecule has 1 atom stereocenters. The molecule has 170 valence electrons. The summed E-state index contributed by atoms with van der Waals surface area (Å²) in [5.41, 5.74) is 4.93. The summed E-state index contributed by atoms with van der Waals surface area (Å²) < 4.78 is 10.7. The van der Waals surface area contributed by atoms with Crippen molar-refractivity contribution in [1.29, 1.82) is 5.26 Å². The van der Waals surface area contributed by atoms with Gasteiger partial charge in [-0.05, 0) is 18.2 Å². The summed E-state index contributed by atoms with van der Waals surface area (Å²) in [6.45, 7) is 6.11. The van der Waals surface area contributed by atoms with E-state index in [1.54, 1.807) is 11.0 Å². The summed E-state index contributed by atoms with van der Waals surface area (Å²) in [6.07, 6.45) is 1.52. The molecule has 34 heavy (non-hydrogen) atoms. The van der Waals surface area contributed by atoms with E-state index in [1.165, 1.54) is 6.26 Å². The van der Waals surface area contributed by atoms with Crippen molar-refractivity contribution in [2.45, 2.75) is 32.2 Å². The van der Waals surface area contributed by atoms with Gasteiger partial charge in [0.05, 0.1) is 11.7 Å². The van der Waals surface area contributed by atoms with Crippen molar-refractivity contribution in [2.75, 3.05) is 11.5 Å². The highest BCUT2D eigenvalue weighted by molar-refractivity contribution is 6.11. The summed E-state index contributed by atoms with van der Waals surface area (Å²) in [5.74, 6) is 0.382. The predicted molar refractivity (Wildman–Crippen MR) is 125 cm³/mol. The van der Waals surface area contributed by atoms with Gasteiger partial charge in [-0.2, -0.15) is 10.4 Å². The number of para-hydroxylation sites is 1. The minimum atomic E-state index is -0.469. The lowest BCUT2D eigenvalue weighted by Gasteiger charge is -2.29. The van der Waals surface area contributed by atoms with Gasteiger partial charge in [-0.1, -0.05) is 56.3 Å². The number of nitriles is 1. The van der Waals surface area contributed by atoms with Crippen molar-refractivity contribution in [1.82, 2.24) is 15.4 Å². The molecule has 5 rings (SSSR count). The van der Waals surface area contributed by atoms with Crippen LogP contribution in [0.15, 0.2) is 65.4 Å². The third-order valence-electron chi connectivity index (χ3n) is 5.86. The Kier molecular flexibility index (Phi) is 5.17. The molecule has 1 amide bonds. The van der Waals surface area contributed by atoms with Crippen LogP contribution in [0.1, 0.15) is 54.1 Å². The molecule has 3 heterocycles. The molecule has 1 N–H and O–H groups in total. The van der Waals surface area contributed by atoms with Crippen LogP contribution in [0.4, 0.5) is 5.69 Å². The van der Waals surface area contributed by atoms with Gasteiger partial charge >= 0.3 is 0 Å². The molecule has 0 saturated heterocycles. The van der Waals surface area contributed by atoms with E-state index in [-0.39, 0.29) is 17.9 Å². The quantitative estimate of drug-likeness (QED) is 0.455. The molecular weight excluding hydrogens is 430 g/mol. The number of ether oxygens (including phenoxy) is 1. The number of H-pyrrole nitrogens is 1. The van der Waals surface area contributed by atoms with Gasteiger partial charge in [0.2, 0.25) is 0 Å². The molecule has 0 saturated carbocycles. The zero-order chi connectivity index (χ0) is 23.9. The molecule has 0 bridgehead atoms. The van der Waals surface area contributed by atoms with Gasteiger partial charge in [0.1, 0.15) is 29.5 Å². The van der Waals surface area contributed by atoms with Crippen molar-refractivity contribution in [3.05, 3.63) is 83.4 Å². The Hall–Kier alpha value is -4.38. The molecule has 1 aliphatic rings. The van der Waals surface area contributed by atoms with Gasteiger partial charge < -0.3 is 9.26 Å². The predicted octanol–water partition coefficient (Wildman–Crippen LogP) is 5.01. The zero-order valence-corrected chi connectivity index (χ0v) is 19.1. The molecule has 1 aliphatic heterocycles. The van der Waals surface area contributed by atoms with Crippen LogP contribution in [0.3, 0.4) is 0 Å². The summed E-state index contributed by atoms with van der Waals surface area (Å²) in [5, 5.41) is 20.6. The third-order valence-corrected chi connectivity index (χ3v) is 5.86. The van der Waals surface area contributed by atoms with E-state index in [0.29, 0.717) is 11.4 Å². The lowest BCUT2D eigenvalue weighted by molar-refractivity contribution is 0.0988. The van der Waals surface area contributed by atoms with Gasteiger partial charge in [0, 0.05) is 33.9 Å². The van der Waals surface area contributed by atoms with Crippen LogP contribution < -0.4 is 9.64 Å². The number of hydrogen-bond donors (Lipinski definition) is 1. The maximum absolute atomic E-state index is 13.7. The largest absolute Gasteiger partial charge is 0.478 e. The van der Waals surface area contributed by atoms with Crippen LogP contribution in [0.2, 0.25) is 0 Å². The second-order valence-electron chi connectivity index (χ2n) is 9.10. The highest BCUT2D eigenvalue weighted by Crippen LogP contribution is 2.47. The van der Waals surface area contributed by atoms with Crippen molar-refractivity contribution in [3.8, 4) is 23.1 Å². The number of nitrogens with zero attached hydrogens (tertiary/aromatic N) is 4. The number of carbonyl (C=O) groups is 1. The summed E-state index contributed by atoms with van der Waals surface area (Å²) in [6, 6.07) is 18.4. The minimum Gasteiger partial charge on any atom is -0.478 e. The zero-order valence-electron chi connectivity index (χ0n) is 19.1. The van der Waals surface area contributed by atoms with Crippen LogP contribution in [0.5, 0.6) is 5.75 Å². The number of fused-ring (bicyclic) bond motifs is 1. The Morgan fingerprint density at radius 2 is 1.91 bits per heavy atom. The first-order chi connectivity index (χ1) is 16.4. The van der Waals surface area contributed by atoms with Crippen LogP contribution in [0, 0.1) is 11.3 Å². The van der Waals surface area contributed by atoms with Crippen LogP contribution >= 0.6 is 0 Å². The SMILES string of the molecule is CC(C)(C)c1n[nH]c2c1C(c1ccccc1OCC#N)N(c1ccc(-c3ccon3)cc1)C2=O. The molecule has 0 spiro atoms. The average molecular weight is 454 g/mol. The monoisotopic (exact) mass is 453 g/mol. The number of benzene rings is 2. The summed E-state index contributed by atoms with van der Waals surface area (Å²) in [7, 11) is 0. The molecule has 2 aromatic carbocycles. The number of nitrogens with one attached hydrogen (secondary N) is 1. The first-order valence-corrected chi connectivity index (χ1v) is 10.9. The number of anilines is 1. The molecule has 8 heteroatoms. The van der Waals surface area contributed by atoms with Gasteiger partial charge in [0.25, 0.3) is 5.91 Å². The number of hydrogen-bond acceptors (Lipinski definition) is 6. The van der Waals surface area contributed by atoms with Gasteiger partial charge in [-0.15, -0.1) is 0 Å². The van der Waals surface area contributed by atoms with Crippen LogP contribution in [-0.4, -0.2) is 27.9 Å². The smallest absolute Gasteiger partial charge is 0.277 e. The van der Waals surface area contributed by atoms with E-state index in [0.717, 1.165) is 33.8 Å². The van der Waals surface area contributed by atoms with Crippen molar-refractivity contribution >= 4 is 11.6 Å². The molecule has 1 unspecified atom stereocenters. The lowest BCUT2D eigenvalue weighted by atomic mass is 9.85. The molecule has 8 nitrogen and oxygen atoms in total. The standard InChI is InChI=1S/C26H23N5O3/c1-26(2,3)24-21-22(28-29-24)25(32)31(17-10-8-16(9-11-17)19-12-14-34-30-19)23(21)18-6-4-5-7-20(18)33-15-13-27/h4-12,14,23H,15H2,1-3H3,(H,28,29). The van der Waals surface area contributed by atoms with Crippen molar-refractivity contribution in [3.63, 3.8) is 0 Å². The number of carbonyl (C=O) groups excluding carboxylic acids is 1. The topological polar surface area (TPSA) is 108 Å². The molecule has 2 aromatic heterocycles. The summed E-state index contributed by atoms with van der Waals surface area (Å²) >= 11 is 0. The van der Waals surface area contributed by atoms with Crippen molar-refractivity contribution < 1.29 is 14.1 Å². The normalized spacial score (nSPS) is 15.3. The fraction of sp³-hybridized carbons (Fsp3) is 0.231. The Bertz CT molecular complexity index is 1380. The Morgan fingerprint density at radius 1 is 1.15 bits per heavy atom. The van der Waals surface area contributed by atoms with E-state index < -0.39 is 6.04 Å². The number of rotatable bonds is 5. The Balaban J connectivity index is 1.66. The fourth-order valence-corrected chi connectivity index (χ4v) is 4.38. The van der Waals surface area contributed by atoms with E-state index in [2.05, 4.69) is 36.1 Å². The fourth-order valence-electron chi connectivity index (χ4n) is 4.38. The van der Waals surface area contributed by atoms with E-state index in [9.17, 15) is 4.79 Å². The van der Waals surface area contributed by atoms with Gasteiger partial charge in [-0.3, -0.25) is 14.8 Å². The Labute approximate surface area is 196 Å². The maximum Gasteiger partial charge on any atom is 0.277 e. The maximum atomic E-state index is 13.7. The number of aromatic amines is 1. The average Bonchev–Trinajstić information content (AvgIpc) is 3.56. The minimum absolute atomic E-state index is 0.0888. The second-order valence-corrected chi connectivity index (χ2v) is 9.10. The van der Waals surface area contributed by atoms with Crippen LogP contribution in [-0.2, 0) is 5.41 Å². The number of aromatic nitrogens is 3. The van der Waals surface area contributed by atoms with E-state index in [4.69, 9.17) is 14.5 Å². The first kappa shape index (κ1) is 21.5. The molecule has 0 fully saturated rings. The summed E-state index contributed by atoms with van der Waals surface area (Å²) in [4.78, 5) is 15.4. The molecular formula is C26H23N5O3. The van der Waals surface area contributed by atoms with Gasteiger partial charge in [-0.25, -0.2) is 0 Å². The van der Waals surface area contributed by atoms with Gasteiger partial charge in [0.15, 0.2) is 6.61 Å². The highest BCUT2D eigenvalue weighted by Gasteiger charge is 2.45. The first-order valence-electron chi connectivity index (χ1n) is 10.9. The lowest BCUT2D eigenvalue weighted by Crippen LogP contribution is -2.30. The Morgan fingerprint density at radius 3 is 2.59 bits per heavy atom. The van der Waals surface area contributed by atoms with E-state index in [1.807, 2.05) is 54.6 Å². The highest BCUT2D eigenvalue weighted by atomic mass is 16.5. The third kappa shape index (κ3) is 3.52.